The molecule has 1 atom stereocenters. The first kappa shape index (κ1) is 12.8. The lowest BCUT2D eigenvalue weighted by atomic mass is 10.0. The van der Waals surface area contributed by atoms with Gasteiger partial charge in [0, 0.05) is 6.42 Å². The van der Waals surface area contributed by atoms with Crippen molar-refractivity contribution in [1.82, 2.24) is 0 Å². The van der Waals surface area contributed by atoms with Crippen LogP contribution in [-0.2, 0) is 9.59 Å². The van der Waals surface area contributed by atoms with Gasteiger partial charge in [-0.3, -0.25) is 9.59 Å². The van der Waals surface area contributed by atoms with Crippen LogP contribution in [0.5, 0.6) is 0 Å². The number of carbonyl (C=O) groups excluding carboxylic acids is 2. The summed E-state index contributed by atoms with van der Waals surface area (Å²) in [6.45, 7) is 10.0. The molecule has 0 saturated carbocycles. The van der Waals surface area contributed by atoms with Crippen LogP contribution in [0.25, 0.3) is 0 Å². The van der Waals surface area contributed by atoms with Gasteiger partial charge in [0.2, 0.25) is 0 Å². The Morgan fingerprint density at radius 2 is 1.71 bits per heavy atom. The number of Topliss-reactive ketones (excluding diaryl/α,β-unsaturated/α-hetero) is 2. The van der Waals surface area contributed by atoms with Crippen molar-refractivity contribution in [1.29, 1.82) is 0 Å². The highest BCUT2D eigenvalue weighted by Crippen LogP contribution is 2.06. The predicted molar refractivity (Wildman–Crippen MR) is 54.9 cm³/mol. The van der Waals surface area contributed by atoms with Gasteiger partial charge in [-0.25, -0.2) is 0 Å². The van der Waals surface area contributed by atoms with Crippen LogP contribution >= 0.6 is 0 Å². The molecule has 1 unspecified atom stereocenters. The molecule has 0 radical (unpaired) electrons. The van der Waals surface area contributed by atoms with Crippen molar-refractivity contribution in [3.05, 3.63) is 24.3 Å². The fourth-order valence-electron chi connectivity index (χ4n) is 0.897. The third-order valence-corrected chi connectivity index (χ3v) is 1.84. The van der Waals surface area contributed by atoms with Crippen LogP contribution in [-0.4, -0.2) is 22.8 Å². The molecule has 0 heterocycles. The van der Waals surface area contributed by atoms with Crippen LogP contribution in [0.4, 0.5) is 0 Å². The zero-order valence-electron chi connectivity index (χ0n) is 8.67. The maximum Gasteiger partial charge on any atom is 0.186 e. The van der Waals surface area contributed by atoms with E-state index in [0.717, 1.165) is 0 Å². The van der Waals surface area contributed by atoms with E-state index in [1.165, 1.54) is 6.92 Å². The summed E-state index contributed by atoms with van der Waals surface area (Å²) in [5.41, 5.74) is 0.750. The number of rotatable bonds is 6. The molecule has 0 aromatic heterocycles. The zero-order valence-corrected chi connectivity index (χ0v) is 8.67. The smallest absolute Gasteiger partial charge is 0.186 e. The van der Waals surface area contributed by atoms with E-state index in [-0.39, 0.29) is 18.6 Å². The van der Waals surface area contributed by atoms with Crippen molar-refractivity contribution in [2.24, 2.45) is 0 Å². The molecule has 0 aliphatic carbocycles. The lowest BCUT2D eigenvalue weighted by Gasteiger charge is -2.08. The van der Waals surface area contributed by atoms with Gasteiger partial charge in [-0.05, 0) is 31.4 Å². The maximum absolute atomic E-state index is 11.1. The molecule has 78 valence electrons. The van der Waals surface area contributed by atoms with Crippen molar-refractivity contribution < 1.29 is 14.7 Å². The fourth-order valence-corrected chi connectivity index (χ4v) is 0.897. The number of aliphatic hydroxyl groups excluding tert-OH is 1. The largest absolute Gasteiger partial charge is 0.385 e. The van der Waals surface area contributed by atoms with E-state index in [4.69, 9.17) is 0 Å². The summed E-state index contributed by atoms with van der Waals surface area (Å²) in [7, 11) is 0. The minimum Gasteiger partial charge on any atom is -0.385 e. The Kier molecular flexibility index (Phi) is 5.02. The van der Waals surface area contributed by atoms with Crippen molar-refractivity contribution in [3.8, 4) is 0 Å². The average Bonchev–Trinajstić information content (AvgIpc) is 2.11. The van der Waals surface area contributed by atoms with Crippen LogP contribution in [0.3, 0.4) is 0 Å². The Bertz CT molecular complexity index is 276. The van der Waals surface area contributed by atoms with Crippen LogP contribution < -0.4 is 0 Å². The monoisotopic (exact) mass is 196 g/mol. The molecule has 0 aromatic carbocycles. The molecule has 1 N–H and O–H groups in total. The fraction of sp³-hybridized carbons (Fsp3) is 0.455. The highest BCUT2D eigenvalue weighted by atomic mass is 16.3. The normalized spacial score (nSPS) is 11.9. The highest BCUT2D eigenvalue weighted by molar-refractivity contribution is 5.98. The van der Waals surface area contributed by atoms with Gasteiger partial charge < -0.3 is 5.11 Å². The number of aliphatic hydroxyl groups is 1. The molecule has 0 fully saturated rings. The molecule has 0 spiro atoms. The van der Waals surface area contributed by atoms with Crippen molar-refractivity contribution >= 4 is 11.6 Å². The van der Waals surface area contributed by atoms with Gasteiger partial charge in [-0.2, -0.15) is 0 Å². The Labute approximate surface area is 84.1 Å². The van der Waals surface area contributed by atoms with Gasteiger partial charge in [0.25, 0.3) is 0 Å². The summed E-state index contributed by atoms with van der Waals surface area (Å²) >= 11 is 0. The van der Waals surface area contributed by atoms with Crippen LogP contribution in [0, 0.1) is 0 Å². The van der Waals surface area contributed by atoms with Gasteiger partial charge in [-0.1, -0.05) is 13.2 Å². The van der Waals surface area contributed by atoms with E-state index in [0.29, 0.717) is 11.1 Å². The van der Waals surface area contributed by atoms with Gasteiger partial charge in [0.05, 0.1) is 0 Å². The number of ketones is 2. The molecule has 0 amide bonds. The van der Waals surface area contributed by atoms with Crippen molar-refractivity contribution in [2.75, 3.05) is 0 Å². The van der Waals surface area contributed by atoms with Crippen molar-refractivity contribution in [3.63, 3.8) is 0 Å². The van der Waals surface area contributed by atoms with Crippen molar-refractivity contribution in [2.45, 2.75) is 32.8 Å². The number of hydrogen-bond donors (Lipinski definition) is 1. The summed E-state index contributed by atoms with van der Waals surface area (Å²) in [4.78, 5) is 22.2. The average molecular weight is 196 g/mol. The standard InChI is InChI=1S/C11H16O3/c1-7(2)9(12)5-6-10(13)11(14)8(3)4/h10,13H,1,3,5-6H2,2,4H3. The third kappa shape index (κ3) is 4.14. The minimum atomic E-state index is -1.12. The van der Waals surface area contributed by atoms with Gasteiger partial charge >= 0.3 is 0 Å². The van der Waals surface area contributed by atoms with Crippen LogP contribution in [0.15, 0.2) is 24.3 Å². The topological polar surface area (TPSA) is 54.4 Å². The Morgan fingerprint density at radius 1 is 1.21 bits per heavy atom. The third-order valence-electron chi connectivity index (χ3n) is 1.84. The lowest BCUT2D eigenvalue weighted by molar-refractivity contribution is -0.124. The summed E-state index contributed by atoms with van der Waals surface area (Å²) in [6, 6.07) is 0. The Morgan fingerprint density at radius 3 is 2.07 bits per heavy atom. The zero-order chi connectivity index (χ0) is 11.3. The second-order valence-electron chi connectivity index (χ2n) is 3.40. The summed E-state index contributed by atoms with van der Waals surface area (Å²) < 4.78 is 0. The molecule has 0 aromatic rings. The SMILES string of the molecule is C=C(C)C(=O)CCC(O)C(=O)C(=C)C. The number of hydrogen-bond acceptors (Lipinski definition) is 3. The molecule has 14 heavy (non-hydrogen) atoms. The van der Waals surface area contributed by atoms with Crippen LogP contribution in [0.2, 0.25) is 0 Å². The first-order valence-corrected chi connectivity index (χ1v) is 4.42. The van der Waals surface area contributed by atoms with Gasteiger partial charge in [-0.15, -0.1) is 0 Å². The van der Waals surface area contributed by atoms with E-state index in [2.05, 4.69) is 13.2 Å². The molecule has 0 rings (SSSR count). The quantitative estimate of drug-likeness (QED) is 0.653. The second-order valence-corrected chi connectivity index (χ2v) is 3.40. The number of carbonyl (C=O) groups is 2. The van der Waals surface area contributed by atoms with E-state index in [1.807, 2.05) is 0 Å². The van der Waals surface area contributed by atoms with Gasteiger partial charge in [0.15, 0.2) is 11.6 Å². The molecule has 3 heteroatoms. The molecule has 3 nitrogen and oxygen atoms in total. The van der Waals surface area contributed by atoms with E-state index in [9.17, 15) is 14.7 Å². The first-order valence-electron chi connectivity index (χ1n) is 4.42. The first-order chi connectivity index (χ1) is 6.36. The minimum absolute atomic E-state index is 0.126. The molecule has 0 aliphatic heterocycles. The van der Waals surface area contributed by atoms with Gasteiger partial charge in [0.1, 0.15) is 6.10 Å². The van der Waals surface area contributed by atoms with Crippen LogP contribution in [0.1, 0.15) is 26.7 Å². The van der Waals surface area contributed by atoms with E-state index in [1.54, 1.807) is 6.92 Å². The second kappa shape index (κ2) is 5.50. The summed E-state index contributed by atoms with van der Waals surface area (Å²) in [5, 5.41) is 9.33. The molecular weight excluding hydrogens is 180 g/mol. The highest BCUT2D eigenvalue weighted by Gasteiger charge is 2.16. The Balaban J connectivity index is 4.03. The maximum atomic E-state index is 11.1. The van der Waals surface area contributed by atoms with E-state index < -0.39 is 11.9 Å². The number of allylic oxidation sites excluding steroid dienone is 1. The Hall–Kier alpha value is -1.22. The molecule has 0 saturated heterocycles. The molecular formula is C11H16O3. The molecule has 0 bridgehead atoms. The molecule has 0 aliphatic rings. The summed E-state index contributed by atoms with van der Waals surface area (Å²) in [5.74, 6) is -0.530. The predicted octanol–water partition coefficient (Wildman–Crippen LogP) is 1.42. The van der Waals surface area contributed by atoms with E-state index >= 15 is 0 Å². The summed E-state index contributed by atoms with van der Waals surface area (Å²) in [6.07, 6.45) is -0.830. The lowest BCUT2D eigenvalue weighted by Crippen LogP contribution is -2.21.